The largest absolute Gasteiger partial charge is 0.497 e. The molecule has 0 unspecified atom stereocenters. The second-order valence-electron chi connectivity index (χ2n) is 3.27. The third kappa shape index (κ3) is 2.73. The van der Waals surface area contributed by atoms with Crippen LogP contribution in [0.4, 0.5) is 0 Å². The van der Waals surface area contributed by atoms with Crippen LogP contribution in [0.25, 0.3) is 0 Å². The van der Waals surface area contributed by atoms with Gasteiger partial charge in [-0.05, 0) is 18.2 Å². The Morgan fingerprint density at radius 1 is 1.41 bits per heavy atom. The Hall–Kier alpha value is -2.08. The highest BCUT2D eigenvalue weighted by Crippen LogP contribution is 2.24. The number of rotatable bonds is 5. The number of aliphatic hydroxyl groups is 1. The molecule has 0 saturated carbocycles. The van der Waals surface area contributed by atoms with Gasteiger partial charge >= 0.3 is 0 Å². The Kier molecular flexibility index (Phi) is 3.56. The smallest absolute Gasteiger partial charge is 0.213 e. The molecular weight excluding hydrogens is 224 g/mol. The van der Waals surface area contributed by atoms with E-state index in [4.69, 9.17) is 9.47 Å². The van der Waals surface area contributed by atoms with Crippen LogP contribution in [0.3, 0.4) is 0 Å². The second kappa shape index (κ2) is 5.31. The number of hydrogen-bond donors (Lipinski definition) is 1. The molecule has 0 amide bonds. The first-order valence-electron chi connectivity index (χ1n) is 4.99. The van der Waals surface area contributed by atoms with E-state index in [-0.39, 0.29) is 13.2 Å². The lowest BCUT2D eigenvalue weighted by atomic mass is 10.2. The fourth-order valence-corrected chi connectivity index (χ4v) is 1.35. The maximum atomic E-state index is 9.21. The summed E-state index contributed by atoms with van der Waals surface area (Å²) >= 11 is 0. The van der Waals surface area contributed by atoms with E-state index in [1.165, 1.54) is 6.39 Å². The average Bonchev–Trinajstić information content (AvgIpc) is 2.89. The standard InChI is InChI=1S/C11H12N2O4/c1-15-9-2-3-10(8(4-9)5-14)16-6-11-12-7-17-13-11/h2-4,7,14H,5-6H2,1H3. The molecule has 1 heterocycles. The van der Waals surface area contributed by atoms with Crippen LogP contribution >= 0.6 is 0 Å². The van der Waals surface area contributed by atoms with E-state index in [0.717, 1.165) is 0 Å². The van der Waals surface area contributed by atoms with E-state index in [0.29, 0.717) is 22.9 Å². The first kappa shape index (κ1) is 11.4. The van der Waals surface area contributed by atoms with Gasteiger partial charge in [-0.25, -0.2) is 0 Å². The highest BCUT2D eigenvalue weighted by Gasteiger charge is 2.06. The zero-order chi connectivity index (χ0) is 12.1. The van der Waals surface area contributed by atoms with Crippen LogP contribution in [-0.2, 0) is 13.2 Å². The number of aromatic nitrogens is 2. The second-order valence-corrected chi connectivity index (χ2v) is 3.27. The van der Waals surface area contributed by atoms with Gasteiger partial charge < -0.3 is 19.1 Å². The van der Waals surface area contributed by atoms with Gasteiger partial charge in [-0.15, -0.1) is 0 Å². The van der Waals surface area contributed by atoms with Crippen LogP contribution < -0.4 is 9.47 Å². The van der Waals surface area contributed by atoms with Gasteiger partial charge in [-0.3, -0.25) is 0 Å². The minimum atomic E-state index is -0.126. The lowest BCUT2D eigenvalue weighted by molar-refractivity contribution is 0.252. The molecule has 1 N–H and O–H groups in total. The highest BCUT2D eigenvalue weighted by molar-refractivity contribution is 5.39. The Labute approximate surface area is 97.8 Å². The van der Waals surface area contributed by atoms with E-state index >= 15 is 0 Å². The van der Waals surface area contributed by atoms with Gasteiger partial charge in [-0.1, -0.05) is 5.16 Å². The summed E-state index contributed by atoms with van der Waals surface area (Å²) < 4.78 is 15.1. The molecule has 6 heteroatoms. The van der Waals surface area contributed by atoms with Crippen molar-refractivity contribution in [3.8, 4) is 11.5 Å². The number of nitrogens with zero attached hydrogens (tertiary/aromatic N) is 2. The molecule has 0 aliphatic rings. The zero-order valence-electron chi connectivity index (χ0n) is 9.29. The Bertz CT molecular complexity index is 470. The molecule has 0 aliphatic carbocycles. The van der Waals surface area contributed by atoms with Gasteiger partial charge in [0.2, 0.25) is 12.2 Å². The predicted octanol–water partition coefficient (Wildman–Crippen LogP) is 1.15. The minimum Gasteiger partial charge on any atom is -0.497 e. The lowest BCUT2D eigenvalue weighted by Gasteiger charge is -2.09. The van der Waals surface area contributed by atoms with E-state index in [2.05, 4.69) is 14.7 Å². The number of hydrogen-bond acceptors (Lipinski definition) is 6. The fourth-order valence-electron chi connectivity index (χ4n) is 1.35. The van der Waals surface area contributed by atoms with Crippen LogP contribution in [0.1, 0.15) is 11.4 Å². The summed E-state index contributed by atoms with van der Waals surface area (Å²) in [6.45, 7) is 0.0641. The Morgan fingerprint density at radius 2 is 2.29 bits per heavy atom. The molecule has 1 aromatic heterocycles. The van der Waals surface area contributed by atoms with Crippen molar-refractivity contribution in [1.82, 2.24) is 10.1 Å². The Balaban J connectivity index is 2.09. The van der Waals surface area contributed by atoms with Crippen LogP contribution in [-0.4, -0.2) is 22.4 Å². The van der Waals surface area contributed by atoms with Gasteiger partial charge in [0.15, 0.2) is 6.61 Å². The van der Waals surface area contributed by atoms with E-state index < -0.39 is 0 Å². The zero-order valence-corrected chi connectivity index (χ0v) is 9.29. The quantitative estimate of drug-likeness (QED) is 0.839. The first-order chi connectivity index (χ1) is 8.33. The van der Waals surface area contributed by atoms with E-state index in [9.17, 15) is 5.11 Å². The molecule has 0 fully saturated rings. The maximum Gasteiger partial charge on any atom is 0.213 e. The van der Waals surface area contributed by atoms with Gasteiger partial charge in [0.05, 0.1) is 13.7 Å². The summed E-state index contributed by atoms with van der Waals surface area (Å²) in [5, 5.41) is 12.8. The highest BCUT2D eigenvalue weighted by atomic mass is 16.5. The summed E-state index contributed by atoms with van der Waals surface area (Å²) in [7, 11) is 1.57. The normalized spacial score (nSPS) is 10.2. The summed E-state index contributed by atoms with van der Waals surface area (Å²) in [5.74, 6) is 1.68. The average molecular weight is 236 g/mol. The van der Waals surface area contributed by atoms with Gasteiger partial charge in [0.25, 0.3) is 0 Å². The van der Waals surface area contributed by atoms with Crippen molar-refractivity contribution >= 4 is 0 Å². The molecule has 2 rings (SSSR count). The molecule has 0 saturated heterocycles. The van der Waals surface area contributed by atoms with Crippen LogP contribution in [0, 0.1) is 0 Å². The summed E-state index contributed by atoms with van der Waals surface area (Å²) in [6, 6.07) is 5.20. The molecule has 0 bridgehead atoms. The third-order valence-corrected chi connectivity index (χ3v) is 2.20. The summed E-state index contributed by atoms with van der Waals surface area (Å²) in [6.07, 6.45) is 1.24. The minimum absolute atomic E-state index is 0.126. The van der Waals surface area contributed by atoms with Crippen molar-refractivity contribution in [3.63, 3.8) is 0 Å². The summed E-state index contributed by atoms with van der Waals surface area (Å²) in [5.41, 5.74) is 0.646. The molecular formula is C11H12N2O4. The molecule has 2 aromatic rings. The van der Waals surface area contributed by atoms with Crippen molar-refractivity contribution in [2.75, 3.05) is 7.11 Å². The van der Waals surface area contributed by atoms with Crippen LogP contribution in [0.2, 0.25) is 0 Å². The lowest BCUT2D eigenvalue weighted by Crippen LogP contribution is -2.00. The Morgan fingerprint density at radius 3 is 2.94 bits per heavy atom. The third-order valence-electron chi connectivity index (χ3n) is 2.20. The molecule has 0 aliphatic heterocycles. The maximum absolute atomic E-state index is 9.21. The van der Waals surface area contributed by atoms with Gasteiger partial charge in [0, 0.05) is 5.56 Å². The SMILES string of the molecule is COc1ccc(OCc2ncon2)c(CO)c1. The molecule has 0 atom stereocenters. The number of methoxy groups -OCH3 is 1. The number of benzene rings is 1. The van der Waals surface area contributed by atoms with Crippen molar-refractivity contribution in [1.29, 1.82) is 0 Å². The van der Waals surface area contributed by atoms with Gasteiger partial charge in [0.1, 0.15) is 11.5 Å². The molecule has 0 radical (unpaired) electrons. The summed E-state index contributed by atoms with van der Waals surface area (Å²) in [4.78, 5) is 3.83. The topological polar surface area (TPSA) is 77.6 Å². The van der Waals surface area contributed by atoms with Crippen molar-refractivity contribution in [2.24, 2.45) is 0 Å². The molecule has 90 valence electrons. The van der Waals surface area contributed by atoms with Gasteiger partial charge in [-0.2, -0.15) is 4.98 Å². The van der Waals surface area contributed by atoms with Crippen molar-refractivity contribution in [3.05, 3.63) is 36.0 Å². The van der Waals surface area contributed by atoms with E-state index in [1.807, 2.05) is 0 Å². The molecule has 6 nitrogen and oxygen atoms in total. The van der Waals surface area contributed by atoms with Crippen molar-refractivity contribution in [2.45, 2.75) is 13.2 Å². The fraction of sp³-hybridized carbons (Fsp3) is 0.273. The number of aliphatic hydroxyl groups excluding tert-OH is 1. The molecule has 0 spiro atoms. The molecule has 1 aromatic carbocycles. The monoisotopic (exact) mass is 236 g/mol. The van der Waals surface area contributed by atoms with Crippen molar-refractivity contribution < 1.29 is 19.1 Å². The van der Waals surface area contributed by atoms with E-state index in [1.54, 1.807) is 25.3 Å². The van der Waals surface area contributed by atoms with Crippen LogP contribution in [0.5, 0.6) is 11.5 Å². The number of ether oxygens (including phenoxy) is 2. The first-order valence-corrected chi connectivity index (χ1v) is 4.99. The van der Waals surface area contributed by atoms with Crippen LogP contribution in [0.15, 0.2) is 29.1 Å². The predicted molar refractivity (Wildman–Crippen MR) is 57.5 cm³/mol. The molecule has 17 heavy (non-hydrogen) atoms.